The molecule has 0 atom stereocenters. The van der Waals surface area contributed by atoms with Crippen molar-refractivity contribution in [1.82, 2.24) is 10.6 Å². The van der Waals surface area contributed by atoms with E-state index in [0.29, 0.717) is 5.76 Å². The Bertz CT molecular complexity index is 478. The van der Waals surface area contributed by atoms with Crippen LogP contribution in [0.5, 0.6) is 0 Å². The average molecular weight is 268 g/mol. The van der Waals surface area contributed by atoms with Gasteiger partial charge in [0.05, 0.1) is 6.26 Å². The average Bonchev–Trinajstić information content (AvgIpc) is 2.71. The van der Waals surface area contributed by atoms with Gasteiger partial charge in [0.2, 0.25) is 0 Å². The molecule has 7 heteroatoms. The monoisotopic (exact) mass is 268 g/mol. The summed E-state index contributed by atoms with van der Waals surface area (Å²) in [5.74, 6) is -0.971. The number of ether oxygens (including phenoxy) is 1. The number of furan rings is 1. The molecule has 7 nitrogen and oxygen atoms in total. The van der Waals surface area contributed by atoms with Crippen LogP contribution in [-0.4, -0.2) is 30.6 Å². The van der Waals surface area contributed by atoms with Gasteiger partial charge in [-0.25, -0.2) is 9.59 Å². The molecule has 0 aromatic carbocycles. The second kappa shape index (κ2) is 6.58. The van der Waals surface area contributed by atoms with Crippen molar-refractivity contribution in [3.8, 4) is 0 Å². The van der Waals surface area contributed by atoms with Crippen LogP contribution in [0.1, 0.15) is 30.0 Å². The summed E-state index contributed by atoms with van der Waals surface area (Å²) in [6.45, 7) is 4.58. The summed E-state index contributed by atoms with van der Waals surface area (Å²) in [6.07, 6.45) is 1.35. The van der Waals surface area contributed by atoms with Crippen molar-refractivity contribution in [1.29, 1.82) is 0 Å². The molecule has 0 radical (unpaired) electrons. The van der Waals surface area contributed by atoms with Gasteiger partial charge in [0.1, 0.15) is 11.3 Å². The molecule has 0 saturated carbocycles. The van der Waals surface area contributed by atoms with E-state index in [1.54, 1.807) is 20.8 Å². The first-order chi connectivity index (χ1) is 8.90. The number of carbonyl (C=O) groups is 3. The van der Waals surface area contributed by atoms with Crippen LogP contribution in [0.3, 0.4) is 0 Å². The van der Waals surface area contributed by atoms with Crippen molar-refractivity contribution in [2.75, 3.05) is 6.61 Å². The van der Waals surface area contributed by atoms with Crippen molar-refractivity contribution in [2.24, 2.45) is 0 Å². The van der Waals surface area contributed by atoms with Crippen molar-refractivity contribution < 1.29 is 23.5 Å². The van der Waals surface area contributed by atoms with E-state index in [-0.39, 0.29) is 11.6 Å². The molecule has 0 aliphatic heterocycles. The number of urea groups is 1. The van der Waals surface area contributed by atoms with Crippen LogP contribution in [-0.2, 0) is 9.53 Å². The van der Waals surface area contributed by atoms with Crippen molar-refractivity contribution in [3.63, 3.8) is 0 Å². The van der Waals surface area contributed by atoms with Gasteiger partial charge >= 0.3 is 12.0 Å². The Labute approximate surface area is 110 Å². The summed E-state index contributed by atoms with van der Waals surface area (Å²) >= 11 is 0. The zero-order valence-corrected chi connectivity index (χ0v) is 11.0. The minimum absolute atomic E-state index is 0.0936. The van der Waals surface area contributed by atoms with E-state index in [1.807, 2.05) is 5.32 Å². The van der Waals surface area contributed by atoms with Gasteiger partial charge in [0.25, 0.3) is 5.91 Å². The first kappa shape index (κ1) is 14.7. The van der Waals surface area contributed by atoms with E-state index < -0.39 is 24.5 Å². The summed E-state index contributed by atoms with van der Waals surface area (Å²) in [4.78, 5) is 34.0. The Kier molecular flexibility index (Phi) is 5.11. The highest BCUT2D eigenvalue weighted by atomic mass is 16.5. The first-order valence-electron chi connectivity index (χ1n) is 5.71. The van der Waals surface area contributed by atoms with Gasteiger partial charge in [-0.05, 0) is 26.8 Å². The van der Waals surface area contributed by atoms with Crippen LogP contribution in [0.4, 0.5) is 4.79 Å². The SMILES string of the molecule is Cc1occc1C(=O)OCC(=O)NC(=O)NC(C)C. The van der Waals surface area contributed by atoms with Gasteiger partial charge in [0.15, 0.2) is 6.61 Å². The third kappa shape index (κ3) is 4.82. The van der Waals surface area contributed by atoms with Crippen LogP contribution in [0.15, 0.2) is 16.7 Å². The van der Waals surface area contributed by atoms with Crippen LogP contribution in [0.2, 0.25) is 0 Å². The molecule has 0 fully saturated rings. The number of carbonyl (C=O) groups excluding carboxylic acids is 3. The van der Waals surface area contributed by atoms with Crippen LogP contribution in [0, 0.1) is 6.92 Å². The number of hydrogen-bond donors (Lipinski definition) is 2. The van der Waals surface area contributed by atoms with E-state index in [0.717, 1.165) is 0 Å². The second-order valence-corrected chi connectivity index (χ2v) is 4.14. The topological polar surface area (TPSA) is 97.6 Å². The predicted octanol–water partition coefficient (Wildman–Crippen LogP) is 0.979. The molecule has 0 bridgehead atoms. The molecule has 0 saturated heterocycles. The number of esters is 1. The molecule has 104 valence electrons. The van der Waals surface area contributed by atoms with Gasteiger partial charge in [-0.15, -0.1) is 0 Å². The fourth-order valence-electron chi connectivity index (χ4n) is 1.27. The Morgan fingerprint density at radius 3 is 2.58 bits per heavy atom. The molecule has 0 unspecified atom stereocenters. The largest absolute Gasteiger partial charge is 0.469 e. The van der Waals surface area contributed by atoms with Crippen LogP contribution < -0.4 is 10.6 Å². The minimum atomic E-state index is -0.701. The number of amides is 3. The van der Waals surface area contributed by atoms with Crippen LogP contribution in [0.25, 0.3) is 0 Å². The summed E-state index contributed by atoms with van der Waals surface area (Å²) in [6, 6.07) is 0.723. The first-order valence-corrected chi connectivity index (χ1v) is 5.71. The van der Waals surface area contributed by atoms with E-state index in [1.165, 1.54) is 12.3 Å². The molecule has 1 heterocycles. The molecule has 19 heavy (non-hydrogen) atoms. The number of aryl methyl sites for hydroxylation is 1. The molecule has 0 aliphatic rings. The smallest absolute Gasteiger partial charge is 0.342 e. The van der Waals surface area contributed by atoms with Crippen molar-refractivity contribution in [3.05, 3.63) is 23.7 Å². The Morgan fingerprint density at radius 2 is 2.05 bits per heavy atom. The highest BCUT2D eigenvalue weighted by Crippen LogP contribution is 2.09. The lowest BCUT2D eigenvalue weighted by molar-refractivity contribution is -0.123. The Balaban J connectivity index is 2.37. The lowest BCUT2D eigenvalue weighted by Gasteiger charge is -2.09. The summed E-state index contributed by atoms with van der Waals surface area (Å²) < 4.78 is 9.68. The molecule has 0 spiro atoms. The zero-order valence-electron chi connectivity index (χ0n) is 11.0. The van der Waals surface area contributed by atoms with Gasteiger partial charge in [-0.3, -0.25) is 10.1 Å². The second-order valence-electron chi connectivity index (χ2n) is 4.14. The highest BCUT2D eigenvalue weighted by Gasteiger charge is 2.15. The fourth-order valence-corrected chi connectivity index (χ4v) is 1.27. The molecule has 1 aromatic heterocycles. The summed E-state index contributed by atoms with van der Waals surface area (Å²) in [5, 5.41) is 4.51. The number of hydrogen-bond acceptors (Lipinski definition) is 5. The standard InChI is InChI=1S/C12H16N2O5/c1-7(2)13-12(17)14-10(15)6-19-11(16)9-4-5-18-8(9)3/h4-5,7H,6H2,1-3H3,(H2,13,14,15,17). The van der Waals surface area contributed by atoms with Gasteiger partial charge in [-0.2, -0.15) is 0 Å². The molecule has 3 amide bonds. The maximum Gasteiger partial charge on any atom is 0.342 e. The molecular formula is C12H16N2O5. The highest BCUT2D eigenvalue weighted by molar-refractivity contribution is 5.97. The number of rotatable bonds is 4. The van der Waals surface area contributed by atoms with Gasteiger partial charge < -0.3 is 14.5 Å². The van der Waals surface area contributed by atoms with E-state index >= 15 is 0 Å². The normalized spacial score (nSPS) is 10.1. The summed E-state index contributed by atoms with van der Waals surface area (Å²) in [5.41, 5.74) is 0.249. The molecule has 0 aliphatic carbocycles. The van der Waals surface area contributed by atoms with Gasteiger partial charge in [-0.1, -0.05) is 0 Å². The molecule has 1 aromatic rings. The third-order valence-corrected chi connectivity index (χ3v) is 2.09. The Hall–Kier alpha value is -2.31. The molecule has 1 rings (SSSR count). The predicted molar refractivity (Wildman–Crippen MR) is 65.5 cm³/mol. The number of nitrogens with one attached hydrogen (secondary N) is 2. The van der Waals surface area contributed by atoms with Crippen molar-refractivity contribution in [2.45, 2.75) is 26.8 Å². The molecular weight excluding hydrogens is 252 g/mol. The minimum Gasteiger partial charge on any atom is -0.469 e. The maximum atomic E-state index is 11.5. The van der Waals surface area contributed by atoms with Gasteiger partial charge in [0, 0.05) is 6.04 Å². The Morgan fingerprint density at radius 1 is 1.37 bits per heavy atom. The number of imide groups is 1. The van der Waals surface area contributed by atoms with Crippen molar-refractivity contribution >= 4 is 17.9 Å². The zero-order chi connectivity index (χ0) is 14.4. The van der Waals surface area contributed by atoms with E-state index in [4.69, 9.17) is 9.15 Å². The lowest BCUT2D eigenvalue weighted by atomic mass is 10.3. The van der Waals surface area contributed by atoms with Crippen LogP contribution >= 0.6 is 0 Å². The van der Waals surface area contributed by atoms with E-state index in [9.17, 15) is 14.4 Å². The molecule has 2 N–H and O–H groups in total. The fraction of sp³-hybridized carbons (Fsp3) is 0.417. The maximum absolute atomic E-state index is 11.5. The quantitative estimate of drug-likeness (QED) is 0.793. The summed E-state index contributed by atoms with van der Waals surface area (Å²) in [7, 11) is 0. The lowest BCUT2D eigenvalue weighted by Crippen LogP contribution is -2.44. The van der Waals surface area contributed by atoms with E-state index in [2.05, 4.69) is 5.32 Å². The third-order valence-electron chi connectivity index (χ3n) is 2.09.